The minimum absolute atomic E-state index is 0.154. The molecule has 4 nitrogen and oxygen atoms in total. The third-order valence-electron chi connectivity index (χ3n) is 2.01. The van der Waals surface area contributed by atoms with Gasteiger partial charge in [-0.3, -0.25) is 4.79 Å². The van der Waals surface area contributed by atoms with Crippen LogP contribution in [0.1, 0.15) is 16.8 Å². The van der Waals surface area contributed by atoms with E-state index < -0.39 is 21.6 Å². The molecule has 0 aliphatic carbocycles. The highest BCUT2D eigenvalue weighted by molar-refractivity contribution is 7.90. The molecule has 0 bridgehead atoms. The molecule has 17 heavy (non-hydrogen) atoms. The maximum Gasteiger partial charge on any atom is 0.219 e. The number of terminal acetylenes is 1. The van der Waals surface area contributed by atoms with Crippen molar-refractivity contribution < 1.29 is 13.2 Å². The monoisotopic (exact) mass is 251 g/mol. The zero-order valence-electron chi connectivity index (χ0n) is 9.22. The van der Waals surface area contributed by atoms with Gasteiger partial charge in [0.25, 0.3) is 0 Å². The van der Waals surface area contributed by atoms with Crippen molar-refractivity contribution in [1.29, 1.82) is 0 Å². The second kappa shape index (κ2) is 6.18. The minimum Gasteiger partial charge on any atom is -0.293 e. The molecular formula is C12H13NO3S. The molecule has 0 fully saturated rings. The average molecular weight is 251 g/mol. The Hall–Kier alpha value is -1.64. The standard InChI is InChI=1S/C12H13NO3S/c1-2-3-9-13-17(15,16)10-12(14)11-7-5-4-6-8-11/h1,4-8,13H,3,9-10H2. The van der Waals surface area contributed by atoms with E-state index in [0.29, 0.717) is 12.0 Å². The van der Waals surface area contributed by atoms with Crippen molar-refractivity contribution in [2.24, 2.45) is 0 Å². The third kappa shape index (κ3) is 4.81. The van der Waals surface area contributed by atoms with Gasteiger partial charge in [0, 0.05) is 18.5 Å². The van der Waals surface area contributed by atoms with Crippen molar-refractivity contribution in [1.82, 2.24) is 4.72 Å². The number of carbonyl (C=O) groups excluding carboxylic acids is 1. The number of nitrogens with one attached hydrogen (secondary N) is 1. The Kier molecular flexibility index (Phi) is 4.88. The number of benzene rings is 1. The molecule has 1 aromatic rings. The van der Waals surface area contributed by atoms with Gasteiger partial charge in [0.1, 0.15) is 5.75 Å². The number of rotatable bonds is 6. The van der Waals surface area contributed by atoms with Crippen molar-refractivity contribution in [3.8, 4) is 12.3 Å². The van der Waals surface area contributed by atoms with Gasteiger partial charge in [0.05, 0.1) is 0 Å². The molecule has 0 atom stereocenters. The zero-order chi connectivity index (χ0) is 12.7. The number of ketones is 1. The fraction of sp³-hybridized carbons (Fsp3) is 0.250. The van der Waals surface area contributed by atoms with Crippen molar-refractivity contribution in [2.75, 3.05) is 12.3 Å². The van der Waals surface area contributed by atoms with E-state index in [9.17, 15) is 13.2 Å². The number of carbonyl (C=O) groups is 1. The quantitative estimate of drug-likeness (QED) is 0.462. The van der Waals surface area contributed by atoms with Gasteiger partial charge in [-0.25, -0.2) is 13.1 Å². The molecule has 1 aromatic carbocycles. The first-order valence-electron chi connectivity index (χ1n) is 5.04. The second-order valence-electron chi connectivity index (χ2n) is 3.40. The van der Waals surface area contributed by atoms with Crippen LogP contribution in [0.4, 0.5) is 0 Å². The summed E-state index contributed by atoms with van der Waals surface area (Å²) in [6, 6.07) is 8.30. The summed E-state index contributed by atoms with van der Waals surface area (Å²) in [6.45, 7) is 0.154. The Balaban J connectivity index is 2.60. The van der Waals surface area contributed by atoms with E-state index in [-0.39, 0.29) is 6.54 Å². The Morgan fingerprint density at radius 2 is 1.94 bits per heavy atom. The summed E-state index contributed by atoms with van der Waals surface area (Å²) >= 11 is 0. The van der Waals surface area contributed by atoms with Crippen molar-refractivity contribution >= 4 is 15.8 Å². The van der Waals surface area contributed by atoms with Gasteiger partial charge >= 0.3 is 0 Å². The summed E-state index contributed by atoms with van der Waals surface area (Å²) in [7, 11) is -3.60. The number of Topliss-reactive ketones (excluding diaryl/α,β-unsaturated/α-hetero) is 1. The van der Waals surface area contributed by atoms with E-state index in [1.165, 1.54) is 0 Å². The van der Waals surface area contributed by atoms with E-state index in [1.54, 1.807) is 30.3 Å². The summed E-state index contributed by atoms with van der Waals surface area (Å²) in [5.74, 6) is 1.33. The van der Waals surface area contributed by atoms with Crippen LogP contribution in [0.5, 0.6) is 0 Å². The molecule has 0 heterocycles. The Morgan fingerprint density at radius 1 is 1.29 bits per heavy atom. The highest BCUT2D eigenvalue weighted by atomic mass is 32.2. The van der Waals surface area contributed by atoms with Crippen molar-refractivity contribution in [3.63, 3.8) is 0 Å². The molecule has 0 radical (unpaired) electrons. The van der Waals surface area contributed by atoms with Gasteiger partial charge in [-0.1, -0.05) is 30.3 Å². The van der Waals surface area contributed by atoms with Crippen LogP contribution in [0.2, 0.25) is 0 Å². The van der Waals surface area contributed by atoms with E-state index >= 15 is 0 Å². The fourth-order valence-electron chi connectivity index (χ4n) is 1.21. The normalized spacial score (nSPS) is 10.8. The third-order valence-corrected chi connectivity index (χ3v) is 3.29. The van der Waals surface area contributed by atoms with Crippen LogP contribution >= 0.6 is 0 Å². The van der Waals surface area contributed by atoms with E-state index in [2.05, 4.69) is 10.6 Å². The maximum atomic E-state index is 11.6. The lowest BCUT2D eigenvalue weighted by molar-refractivity contribution is 0.102. The van der Waals surface area contributed by atoms with Crippen LogP contribution in [-0.4, -0.2) is 26.5 Å². The molecule has 0 aliphatic heterocycles. The Bertz CT molecular complexity index is 514. The summed E-state index contributed by atoms with van der Waals surface area (Å²) in [6.07, 6.45) is 5.30. The van der Waals surface area contributed by atoms with Gasteiger partial charge < -0.3 is 0 Å². The summed E-state index contributed by atoms with van der Waals surface area (Å²) in [5.41, 5.74) is 0.384. The first-order chi connectivity index (χ1) is 8.05. The molecule has 90 valence electrons. The zero-order valence-corrected chi connectivity index (χ0v) is 10.0. The largest absolute Gasteiger partial charge is 0.293 e. The highest BCUT2D eigenvalue weighted by Crippen LogP contribution is 2.01. The second-order valence-corrected chi connectivity index (χ2v) is 5.20. The first kappa shape index (κ1) is 13.4. The van der Waals surface area contributed by atoms with E-state index in [4.69, 9.17) is 6.42 Å². The number of sulfonamides is 1. The van der Waals surface area contributed by atoms with Crippen LogP contribution in [0.15, 0.2) is 30.3 Å². The van der Waals surface area contributed by atoms with E-state index in [0.717, 1.165) is 0 Å². The Labute approximate surface area is 101 Å². The van der Waals surface area contributed by atoms with Crippen LogP contribution in [0.3, 0.4) is 0 Å². The predicted octanol–water partition coefficient (Wildman–Crippen LogP) is 0.812. The lowest BCUT2D eigenvalue weighted by Crippen LogP contribution is -2.30. The fourth-order valence-corrected chi connectivity index (χ4v) is 2.24. The molecule has 0 unspecified atom stereocenters. The van der Waals surface area contributed by atoms with Crippen LogP contribution in [0, 0.1) is 12.3 Å². The highest BCUT2D eigenvalue weighted by Gasteiger charge is 2.16. The molecule has 0 saturated heterocycles. The summed E-state index contributed by atoms with van der Waals surface area (Å²) in [5, 5.41) is 0. The molecular weight excluding hydrogens is 238 g/mol. The lowest BCUT2D eigenvalue weighted by Gasteiger charge is -2.04. The van der Waals surface area contributed by atoms with Crippen LogP contribution in [0.25, 0.3) is 0 Å². The number of hydrogen-bond acceptors (Lipinski definition) is 3. The first-order valence-corrected chi connectivity index (χ1v) is 6.69. The van der Waals surface area contributed by atoms with Crippen LogP contribution < -0.4 is 4.72 Å². The summed E-state index contributed by atoms with van der Waals surface area (Å²) in [4.78, 5) is 11.6. The minimum atomic E-state index is -3.60. The maximum absolute atomic E-state index is 11.6. The molecule has 1 rings (SSSR count). The molecule has 1 N–H and O–H groups in total. The van der Waals surface area contributed by atoms with Crippen molar-refractivity contribution in [2.45, 2.75) is 6.42 Å². The molecule has 0 aliphatic rings. The van der Waals surface area contributed by atoms with Gasteiger partial charge in [0.15, 0.2) is 5.78 Å². The average Bonchev–Trinajstić information content (AvgIpc) is 2.30. The van der Waals surface area contributed by atoms with Crippen LogP contribution in [-0.2, 0) is 10.0 Å². The smallest absolute Gasteiger partial charge is 0.219 e. The van der Waals surface area contributed by atoms with Gasteiger partial charge in [-0.05, 0) is 0 Å². The van der Waals surface area contributed by atoms with Gasteiger partial charge in [-0.15, -0.1) is 12.3 Å². The van der Waals surface area contributed by atoms with Crippen molar-refractivity contribution in [3.05, 3.63) is 35.9 Å². The molecule has 0 amide bonds. The Morgan fingerprint density at radius 3 is 2.53 bits per heavy atom. The van der Waals surface area contributed by atoms with Gasteiger partial charge in [-0.2, -0.15) is 0 Å². The predicted molar refractivity (Wildman–Crippen MR) is 66.0 cm³/mol. The molecule has 0 spiro atoms. The van der Waals surface area contributed by atoms with E-state index in [1.807, 2.05) is 0 Å². The topological polar surface area (TPSA) is 63.2 Å². The number of hydrogen-bond donors (Lipinski definition) is 1. The summed E-state index contributed by atoms with van der Waals surface area (Å²) < 4.78 is 25.2. The molecule has 0 aromatic heterocycles. The molecule has 5 heteroatoms. The lowest BCUT2D eigenvalue weighted by atomic mass is 10.2. The SMILES string of the molecule is C#CCCNS(=O)(=O)CC(=O)c1ccccc1. The molecule has 0 saturated carbocycles. The van der Waals surface area contributed by atoms with Gasteiger partial charge in [0.2, 0.25) is 10.0 Å².